The Morgan fingerprint density at radius 3 is 0.767 bits per heavy atom. The molecule has 0 amide bonds. The van der Waals surface area contributed by atoms with Crippen molar-refractivity contribution in [1.82, 2.24) is 18.3 Å². The molecule has 14 heteroatoms. The smallest absolute Gasteiger partial charge is 0.192 e. The van der Waals surface area contributed by atoms with E-state index in [1.165, 1.54) is 49.3 Å². The highest BCUT2D eigenvalue weighted by Gasteiger charge is 2.25. The molecule has 0 aliphatic heterocycles. The largest absolute Gasteiger partial charge is 0.464 e. The van der Waals surface area contributed by atoms with Crippen molar-refractivity contribution in [3.05, 3.63) is 406 Å². The molecule has 546 valence electrons. The first-order valence-electron chi connectivity index (χ1n) is 38.3. The van der Waals surface area contributed by atoms with Crippen LogP contribution in [-0.4, -0.2) is 18.3 Å². The first-order chi connectivity index (χ1) is 57.1. The third kappa shape index (κ3) is 10.4. The van der Waals surface area contributed by atoms with E-state index in [2.05, 4.69) is 265 Å². The van der Waals surface area contributed by atoms with Crippen LogP contribution in [0.25, 0.3) is 176 Å². The summed E-state index contributed by atoms with van der Waals surface area (Å²) in [5, 5.41) is 10.3. The maximum absolute atomic E-state index is 13.3. The Balaban J connectivity index is 0.695. The van der Waals surface area contributed by atoms with Gasteiger partial charge in [0, 0.05) is 148 Å². The second-order valence-corrected chi connectivity index (χ2v) is 29.4. The van der Waals surface area contributed by atoms with Crippen LogP contribution >= 0.6 is 0 Å². The number of para-hydroxylation sites is 3. The molecule has 0 saturated heterocycles. The predicted molar refractivity (Wildman–Crippen MR) is 468 cm³/mol. The second kappa shape index (κ2) is 25.8. The lowest BCUT2D eigenvalue weighted by atomic mass is 10.0. The van der Waals surface area contributed by atoms with Crippen molar-refractivity contribution in [1.29, 1.82) is 0 Å². The molecule has 23 aromatic rings. The Labute approximate surface area is 657 Å². The molecule has 15 aromatic carbocycles. The quantitative estimate of drug-likeness (QED) is 0.116. The summed E-state index contributed by atoms with van der Waals surface area (Å²) in [6, 6.07) is 115. The van der Waals surface area contributed by atoms with Gasteiger partial charge < -0.3 is 45.7 Å². The van der Waals surface area contributed by atoms with Crippen LogP contribution in [0.2, 0.25) is 0 Å². The Bertz CT molecular complexity index is 8140. The fraction of sp³-hybridized carbons (Fsp3) is 0. The zero-order chi connectivity index (χ0) is 77.0. The van der Waals surface area contributed by atoms with Crippen LogP contribution in [0.1, 0.15) is 0 Å². The highest BCUT2D eigenvalue weighted by molar-refractivity contribution is 6.16. The normalized spacial score (nSPS) is 11.9. The summed E-state index contributed by atoms with van der Waals surface area (Å²) >= 11 is 0. The molecule has 116 heavy (non-hydrogen) atoms. The number of aromatic nitrogens is 4. The third-order valence-corrected chi connectivity index (χ3v) is 23.1. The van der Waals surface area contributed by atoms with E-state index in [0.717, 1.165) is 166 Å². The summed E-state index contributed by atoms with van der Waals surface area (Å²) < 4.78 is 32.9. The van der Waals surface area contributed by atoms with E-state index in [1.807, 2.05) is 78.9 Å². The van der Waals surface area contributed by atoms with Gasteiger partial charge in [-0.25, -0.2) is 0 Å². The molecular weight excluding hydrogens is 1440 g/mol. The van der Waals surface area contributed by atoms with Crippen LogP contribution in [-0.2, 0) is 0 Å². The minimum Gasteiger partial charge on any atom is -0.464 e. The van der Waals surface area contributed by atoms with Crippen molar-refractivity contribution in [2.75, 3.05) is 9.80 Å². The fourth-order valence-corrected chi connectivity index (χ4v) is 17.7. The summed E-state index contributed by atoms with van der Waals surface area (Å²) in [5.41, 5.74) is 22.7. The van der Waals surface area contributed by atoms with Crippen molar-refractivity contribution in [2.24, 2.45) is 0 Å². The molecule has 0 fully saturated rings. The van der Waals surface area contributed by atoms with Crippen molar-refractivity contribution in [3.63, 3.8) is 0 Å². The van der Waals surface area contributed by atoms with E-state index in [0.29, 0.717) is 43.9 Å². The number of nitrogens with zero attached hydrogens (tertiary/aromatic N) is 6. The third-order valence-electron chi connectivity index (χ3n) is 23.1. The molecule has 8 aromatic heterocycles. The summed E-state index contributed by atoms with van der Waals surface area (Å²) in [6.07, 6.45) is 5.80. The molecule has 0 atom stereocenters. The SMILES string of the molecule is O=c1ccoc2cc(-n3c4ccccc4c4cc(N(c5ccc(-c6ccc7c(c6)c6cc(N(c8ccc(-c9ccccc9)cc8)c8ccc9c(c8)c8ccccc8n9-c8ccc9c(=O)ccoc9c8)ccc6n7-c6ccc7c(=O)ccoc7c6)cc5)c5ccc6c(c5)c5ccccc5n6-c5ccc6c(=O)ccoc6c5)ccc43)ccc12. The molecule has 8 heterocycles. The first kappa shape index (κ1) is 65.8. The molecule has 0 unspecified atom stereocenters. The van der Waals surface area contributed by atoms with E-state index in [9.17, 15) is 19.2 Å². The van der Waals surface area contributed by atoms with Gasteiger partial charge in [-0.15, -0.1) is 0 Å². The van der Waals surface area contributed by atoms with Gasteiger partial charge in [-0.1, -0.05) is 115 Å². The van der Waals surface area contributed by atoms with Gasteiger partial charge in [-0.05, 0) is 198 Å². The molecule has 0 saturated carbocycles. The lowest BCUT2D eigenvalue weighted by molar-refractivity contribution is 0.602. The Morgan fingerprint density at radius 1 is 0.181 bits per heavy atom. The monoisotopic (exact) mass is 1500 g/mol. The second-order valence-electron chi connectivity index (χ2n) is 29.4. The van der Waals surface area contributed by atoms with Crippen LogP contribution in [0.5, 0.6) is 0 Å². The minimum absolute atomic E-state index is 0.0947. The number of hydrogen-bond donors (Lipinski definition) is 0. The highest BCUT2D eigenvalue weighted by atomic mass is 16.3. The van der Waals surface area contributed by atoms with E-state index in [1.54, 1.807) is 0 Å². The maximum atomic E-state index is 13.3. The molecule has 14 nitrogen and oxygen atoms in total. The molecule has 23 rings (SSSR count). The Kier molecular flexibility index (Phi) is 14.6. The maximum Gasteiger partial charge on any atom is 0.192 e. The summed E-state index contributed by atoms with van der Waals surface area (Å²) in [6.45, 7) is 0. The summed E-state index contributed by atoms with van der Waals surface area (Å²) in [4.78, 5) is 56.9. The van der Waals surface area contributed by atoms with Gasteiger partial charge in [0.2, 0.25) is 0 Å². The van der Waals surface area contributed by atoms with Gasteiger partial charge in [0.05, 0.1) is 90.7 Å². The number of hydrogen-bond acceptors (Lipinski definition) is 10. The lowest BCUT2D eigenvalue weighted by Crippen LogP contribution is -2.10. The first-order valence-corrected chi connectivity index (χ1v) is 38.3. The van der Waals surface area contributed by atoms with Gasteiger partial charge in [0.1, 0.15) is 22.3 Å². The van der Waals surface area contributed by atoms with Crippen molar-refractivity contribution in [2.45, 2.75) is 0 Å². The average Bonchev–Trinajstić information content (AvgIpc) is 1.59. The highest BCUT2D eigenvalue weighted by Crippen LogP contribution is 2.47. The van der Waals surface area contributed by atoms with Gasteiger partial charge in [0.15, 0.2) is 21.7 Å². The van der Waals surface area contributed by atoms with Gasteiger partial charge in [0.25, 0.3) is 0 Å². The van der Waals surface area contributed by atoms with E-state index in [-0.39, 0.29) is 21.7 Å². The Hall–Kier alpha value is -16.1. The van der Waals surface area contributed by atoms with Gasteiger partial charge in [-0.2, -0.15) is 0 Å². The van der Waals surface area contributed by atoms with Gasteiger partial charge in [-0.3, -0.25) is 19.2 Å². The van der Waals surface area contributed by atoms with Crippen molar-refractivity contribution >= 4 is 165 Å². The van der Waals surface area contributed by atoms with Crippen LogP contribution in [0, 0.1) is 0 Å². The summed E-state index contributed by atoms with van der Waals surface area (Å²) in [7, 11) is 0. The van der Waals surface area contributed by atoms with Crippen LogP contribution < -0.4 is 31.5 Å². The topological polar surface area (TPSA) is 147 Å². The van der Waals surface area contributed by atoms with E-state index < -0.39 is 0 Å². The Morgan fingerprint density at radius 2 is 0.431 bits per heavy atom. The lowest BCUT2D eigenvalue weighted by Gasteiger charge is -2.26. The van der Waals surface area contributed by atoms with E-state index >= 15 is 0 Å². The number of rotatable bonds is 12. The molecule has 0 radical (unpaired) electrons. The zero-order valence-electron chi connectivity index (χ0n) is 61.6. The van der Waals surface area contributed by atoms with Crippen molar-refractivity contribution < 1.29 is 17.7 Å². The van der Waals surface area contributed by atoms with Gasteiger partial charge >= 0.3 is 0 Å². The number of anilines is 6. The fourth-order valence-electron chi connectivity index (χ4n) is 17.7. The van der Waals surface area contributed by atoms with E-state index in [4.69, 9.17) is 17.7 Å². The number of benzene rings is 15. The molecule has 0 aliphatic carbocycles. The van der Waals surface area contributed by atoms with Crippen LogP contribution in [0.15, 0.2) is 402 Å². The zero-order valence-corrected chi connectivity index (χ0v) is 61.6. The van der Waals surface area contributed by atoms with Crippen LogP contribution in [0.3, 0.4) is 0 Å². The summed E-state index contributed by atoms with van der Waals surface area (Å²) in [5.74, 6) is 0. The van der Waals surface area contributed by atoms with Crippen LogP contribution in [0.4, 0.5) is 34.1 Å². The number of fused-ring (bicyclic) bond motifs is 16. The minimum atomic E-state index is -0.116. The molecule has 0 spiro atoms. The molecular formula is C102H60N6O8. The van der Waals surface area contributed by atoms with Crippen molar-refractivity contribution in [3.8, 4) is 45.0 Å². The molecule has 0 N–H and O–H groups in total. The molecule has 0 bridgehead atoms. The predicted octanol–water partition coefficient (Wildman–Crippen LogP) is 24.8. The average molecular weight is 1500 g/mol. The standard InChI is InChI=1S/C102H60N6O8/c109-95-44-48-113-99-57-71(27-35-78(95)99)105-87-15-7-4-12-75(87)83-53-67(31-40-91(83)105)103(68-32-41-92-84(54-68)76-13-5-8-16-88(76)106(92)72-28-36-79-96(110)45-49-114-100(79)58-72)66-25-20-63(21-26-66)64-22-39-90-82(52-64)86-56-70(34-43-94(86)108(90)74-30-38-81-98(112)47-51-116-102(81)60-74)104(65-23-18-62(19-24-65)61-10-2-1-3-11-61)69-33-42-93-85(55-69)77-14-6-9-17-89(77)107(93)73-29-37-80-97(111)46-50-115-101(80)59-73/h1-60H. The molecule has 0 aliphatic rings.